The molecule has 2 fully saturated rings. The van der Waals surface area contributed by atoms with E-state index in [0.29, 0.717) is 0 Å². The summed E-state index contributed by atoms with van der Waals surface area (Å²) in [5.41, 5.74) is -1.32. The number of carbonyl (C=O) groups is 1. The van der Waals surface area contributed by atoms with E-state index in [4.69, 9.17) is 0 Å². The van der Waals surface area contributed by atoms with Crippen molar-refractivity contribution in [3.63, 3.8) is 0 Å². The van der Waals surface area contributed by atoms with E-state index in [9.17, 15) is 13.6 Å². The zero-order chi connectivity index (χ0) is 10.1. The van der Waals surface area contributed by atoms with Crippen molar-refractivity contribution in [2.75, 3.05) is 0 Å². The predicted molar refractivity (Wildman–Crippen MR) is 44.6 cm³/mol. The summed E-state index contributed by atoms with van der Waals surface area (Å²) in [5.74, 6) is -3.35. The molecule has 2 atom stereocenters. The number of hydrogen-bond acceptors (Lipinski definition) is 1. The maximum atomic E-state index is 13.4. The highest BCUT2D eigenvalue weighted by molar-refractivity contribution is 5.89. The van der Waals surface area contributed by atoms with Crippen LogP contribution in [0, 0.1) is 16.7 Å². The van der Waals surface area contributed by atoms with Crippen LogP contribution >= 0.6 is 0 Å². The standard InChI is InChI=1S/C10H14F2O/c1-8(2)6-4-7(13)9(8,3)5-10(6,11)12/h6H,4-5H2,1-3H3/t6?,9-/m0/s1. The van der Waals surface area contributed by atoms with Crippen LogP contribution in [0.4, 0.5) is 8.78 Å². The van der Waals surface area contributed by atoms with Gasteiger partial charge in [-0.15, -0.1) is 0 Å². The van der Waals surface area contributed by atoms with Crippen LogP contribution in [-0.4, -0.2) is 11.7 Å². The maximum absolute atomic E-state index is 13.4. The summed E-state index contributed by atoms with van der Waals surface area (Å²) < 4.78 is 26.8. The van der Waals surface area contributed by atoms with Crippen LogP contribution in [0.1, 0.15) is 33.6 Å². The molecule has 2 rings (SSSR count). The molecule has 13 heavy (non-hydrogen) atoms. The third-order valence-corrected chi connectivity index (χ3v) is 4.40. The molecule has 2 aliphatic carbocycles. The molecule has 1 nitrogen and oxygen atoms in total. The molecule has 74 valence electrons. The SMILES string of the molecule is CC1(C)C2CC(=O)[C@]1(C)CC2(F)F. The minimum absolute atomic E-state index is 0.0217. The first-order valence-electron chi connectivity index (χ1n) is 4.63. The van der Waals surface area contributed by atoms with Crippen LogP contribution in [0.15, 0.2) is 0 Å². The lowest BCUT2D eigenvalue weighted by molar-refractivity contribution is -0.135. The molecule has 0 aromatic carbocycles. The lowest BCUT2D eigenvalue weighted by Gasteiger charge is -2.31. The minimum atomic E-state index is -2.63. The summed E-state index contributed by atoms with van der Waals surface area (Å²) in [7, 11) is 0. The largest absolute Gasteiger partial charge is 0.299 e. The molecule has 0 aromatic rings. The van der Waals surface area contributed by atoms with E-state index in [1.165, 1.54) is 0 Å². The molecule has 1 unspecified atom stereocenters. The number of hydrogen-bond donors (Lipinski definition) is 0. The number of rotatable bonds is 0. The Kier molecular flexibility index (Phi) is 1.37. The molecule has 0 amide bonds. The predicted octanol–water partition coefficient (Wildman–Crippen LogP) is 2.65. The summed E-state index contributed by atoms with van der Waals surface area (Å²) in [5, 5.41) is 0. The normalized spacial score (nSPS) is 45.6. The molecule has 0 radical (unpaired) electrons. The van der Waals surface area contributed by atoms with Crippen LogP contribution in [0.2, 0.25) is 0 Å². The third kappa shape index (κ3) is 0.785. The molecule has 0 aliphatic heterocycles. The van der Waals surface area contributed by atoms with Crippen molar-refractivity contribution >= 4 is 5.78 Å². The Bertz CT molecular complexity index is 283. The first-order chi connectivity index (χ1) is 5.72. The Morgan fingerprint density at radius 2 is 1.85 bits per heavy atom. The summed E-state index contributed by atoms with van der Waals surface area (Å²) >= 11 is 0. The van der Waals surface area contributed by atoms with Crippen molar-refractivity contribution in [1.29, 1.82) is 0 Å². The minimum Gasteiger partial charge on any atom is -0.299 e. The van der Waals surface area contributed by atoms with Gasteiger partial charge in [0.1, 0.15) is 5.78 Å². The highest BCUT2D eigenvalue weighted by atomic mass is 19.3. The topological polar surface area (TPSA) is 17.1 Å². The summed E-state index contributed by atoms with van der Waals surface area (Å²) in [4.78, 5) is 11.5. The molecule has 0 aromatic heterocycles. The Labute approximate surface area is 76.5 Å². The number of fused-ring (bicyclic) bond motifs is 2. The number of halogens is 2. The van der Waals surface area contributed by atoms with Gasteiger partial charge in [0, 0.05) is 24.2 Å². The van der Waals surface area contributed by atoms with Gasteiger partial charge in [0.05, 0.1) is 0 Å². The molecule has 2 saturated carbocycles. The quantitative estimate of drug-likeness (QED) is 0.571. The van der Waals surface area contributed by atoms with Gasteiger partial charge in [0.25, 0.3) is 5.92 Å². The maximum Gasteiger partial charge on any atom is 0.252 e. The van der Waals surface area contributed by atoms with Crippen LogP contribution in [0.3, 0.4) is 0 Å². The zero-order valence-electron chi connectivity index (χ0n) is 8.16. The van der Waals surface area contributed by atoms with Gasteiger partial charge in [-0.25, -0.2) is 8.78 Å². The fraction of sp³-hybridized carbons (Fsp3) is 0.900. The van der Waals surface area contributed by atoms with Gasteiger partial charge < -0.3 is 0 Å². The van der Waals surface area contributed by atoms with E-state index in [2.05, 4.69) is 0 Å². The Balaban J connectivity index is 2.52. The van der Waals surface area contributed by atoms with E-state index in [0.717, 1.165) is 0 Å². The van der Waals surface area contributed by atoms with Crippen molar-refractivity contribution in [3.05, 3.63) is 0 Å². The fourth-order valence-electron chi connectivity index (χ4n) is 3.01. The van der Waals surface area contributed by atoms with Gasteiger partial charge >= 0.3 is 0 Å². The highest BCUT2D eigenvalue weighted by Gasteiger charge is 2.72. The van der Waals surface area contributed by atoms with E-state index in [1.54, 1.807) is 20.8 Å². The Morgan fingerprint density at radius 3 is 2.08 bits per heavy atom. The van der Waals surface area contributed by atoms with Gasteiger partial charge in [0.2, 0.25) is 0 Å². The third-order valence-electron chi connectivity index (χ3n) is 4.40. The first kappa shape index (κ1) is 9.10. The molecule has 0 spiro atoms. The molecule has 2 bridgehead atoms. The second-order valence-corrected chi connectivity index (χ2v) is 5.17. The lowest BCUT2D eigenvalue weighted by atomic mass is 9.70. The van der Waals surface area contributed by atoms with Gasteiger partial charge in [-0.05, 0) is 5.41 Å². The van der Waals surface area contributed by atoms with Crippen LogP contribution in [0.25, 0.3) is 0 Å². The van der Waals surface area contributed by atoms with Crippen LogP contribution < -0.4 is 0 Å². The average Bonchev–Trinajstić information content (AvgIpc) is 2.16. The van der Waals surface area contributed by atoms with Crippen molar-refractivity contribution in [2.45, 2.75) is 39.5 Å². The van der Waals surface area contributed by atoms with Gasteiger partial charge in [-0.2, -0.15) is 0 Å². The van der Waals surface area contributed by atoms with E-state index >= 15 is 0 Å². The van der Waals surface area contributed by atoms with Gasteiger partial charge in [0.15, 0.2) is 0 Å². The highest BCUT2D eigenvalue weighted by Crippen LogP contribution is 2.68. The zero-order valence-corrected chi connectivity index (χ0v) is 8.16. The smallest absolute Gasteiger partial charge is 0.252 e. The Morgan fingerprint density at radius 1 is 1.31 bits per heavy atom. The van der Waals surface area contributed by atoms with E-state index < -0.39 is 22.7 Å². The number of Topliss-reactive ketones (excluding diaryl/α,β-unsaturated/α-hetero) is 1. The summed E-state index contributed by atoms with van der Waals surface area (Å²) in [6, 6.07) is 0. The number of ketones is 1. The van der Waals surface area contributed by atoms with Crippen LogP contribution in [-0.2, 0) is 4.79 Å². The van der Waals surface area contributed by atoms with Gasteiger partial charge in [-0.1, -0.05) is 20.8 Å². The number of alkyl halides is 2. The van der Waals surface area contributed by atoms with Crippen molar-refractivity contribution in [1.82, 2.24) is 0 Å². The van der Waals surface area contributed by atoms with Crippen molar-refractivity contribution in [3.8, 4) is 0 Å². The fourth-order valence-corrected chi connectivity index (χ4v) is 3.01. The molecule has 2 aliphatic rings. The van der Waals surface area contributed by atoms with E-state index in [1.807, 2.05) is 0 Å². The molecule has 0 N–H and O–H groups in total. The first-order valence-corrected chi connectivity index (χ1v) is 4.63. The average molecular weight is 188 g/mol. The van der Waals surface area contributed by atoms with E-state index in [-0.39, 0.29) is 18.6 Å². The molecular formula is C10H14F2O. The molecule has 0 heterocycles. The monoisotopic (exact) mass is 188 g/mol. The molecular weight excluding hydrogens is 174 g/mol. The van der Waals surface area contributed by atoms with Crippen LogP contribution in [0.5, 0.6) is 0 Å². The van der Waals surface area contributed by atoms with Crippen molar-refractivity contribution in [2.24, 2.45) is 16.7 Å². The summed E-state index contributed by atoms with van der Waals surface area (Å²) in [6.07, 6.45) is -0.188. The van der Waals surface area contributed by atoms with Crippen molar-refractivity contribution < 1.29 is 13.6 Å². The number of carbonyl (C=O) groups excluding carboxylic acids is 1. The molecule has 0 saturated heterocycles. The molecule has 3 heteroatoms. The van der Waals surface area contributed by atoms with Gasteiger partial charge in [-0.3, -0.25) is 4.79 Å². The second kappa shape index (κ2) is 1.96. The second-order valence-electron chi connectivity index (χ2n) is 5.17. The Hall–Kier alpha value is -0.470. The lowest BCUT2D eigenvalue weighted by Crippen LogP contribution is -2.33. The summed E-state index contributed by atoms with van der Waals surface area (Å²) in [6.45, 7) is 5.28.